The predicted molar refractivity (Wildman–Crippen MR) is 74.7 cm³/mol. The van der Waals surface area contributed by atoms with Gasteiger partial charge in [0.25, 0.3) is 0 Å². The van der Waals surface area contributed by atoms with Gasteiger partial charge >= 0.3 is 0 Å². The summed E-state index contributed by atoms with van der Waals surface area (Å²) in [6, 6.07) is 3.73. The summed E-state index contributed by atoms with van der Waals surface area (Å²) in [4.78, 5) is 20.2. The molecular weight excluding hydrogens is 248 g/mol. The first-order valence-electron chi connectivity index (χ1n) is 5.75. The number of anilines is 1. The van der Waals surface area contributed by atoms with E-state index >= 15 is 0 Å². The minimum atomic E-state index is 0.0819. The predicted octanol–water partition coefficient (Wildman–Crippen LogP) is 0.303. The highest BCUT2D eigenvalue weighted by molar-refractivity contribution is 7.80. The first-order valence-corrected chi connectivity index (χ1v) is 6.16. The molecule has 0 bridgehead atoms. The molecule has 1 fully saturated rings. The summed E-state index contributed by atoms with van der Waals surface area (Å²) in [7, 11) is 1.80. The Bertz CT molecular complexity index is 503. The number of thiocarbonyl (C=S) groups is 1. The SMILES string of the molecule is Cc1ccc(C(N)=S)c(N2CCN(C)C(=O)C2)n1. The lowest BCUT2D eigenvalue weighted by Crippen LogP contribution is -2.49. The molecule has 0 atom stereocenters. The van der Waals surface area contributed by atoms with E-state index in [1.807, 2.05) is 24.0 Å². The maximum atomic E-state index is 11.7. The van der Waals surface area contributed by atoms with E-state index in [0.29, 0.717) is 23.9 Å². The van der Waals surface area contributed by atoms with E-state index in [4.69, 9.17) is 18.0 Å². The van der Waals surface area contributed by atoms with Gasteiger partial charge in [0.2, 0.25) is 5.91 Å². The normalized spacial score (nSPS) is 16.0. The maximum absolute atomic E-state index is 11.7. The summed E-state index contributed by atoms with van der Waals surface area (Å²) in [6.07, 6.45) is 0. The third-order valence-electron chi connectivity index (χ3n) is 3.04. The van der Waals surface area contributed by atoms with Crippen LogP contribution in [-0.2, 0) is 4.79 Å². The number of hydrogen-bond donors (Lipinski definition) is 1. The van der Waals surface area contributed by atoms with Crippen molar-refractivity contribution in [2.24, 2.45) is 5.73 Å². The zero-order valence-electron chi connectivity index (χ0n) is 10.5. The maximum Gasteiger partial charge on any atom is 0.241 e. The Kier molecular flexibility index (Phi) is 3.47. The Morgan fingerprint density at radius 2 is 2.17 bits per heavy atom. The lowest BCUT2D eigenvalue weighted by atomic mass is 10.2. The van der Waals surface area contributed by atoms with Crippen molar-refractivity contribution in [1.29, 1.82) is 0 Å². The van der Waals surface area contributed by atoms with E-state index in [-0.39, 0.29) is 5.91 Å². The van der Waals surface area contributed by atoms with Crippen molar-refractivity contribution in [3.63, 3.8) is 0 Å². The highest BCUT2D eigenvalue weighted by atomic mass is 32.1. The molecule has 2 N–H and O–H groups in total. The van der Waals surface area contributed by atoms with E-state index < -0.39 is 0 Å². The largest absolute Gasteiger partial charge is 0.389 e. The fraction of sp³-hybridized carbons (Fsp3) is 0.417. The zero-order chi connectivity index (χ0) is 13.3. The van der Waals surface area contributed by atoms with Crippen LogP contribution in [0.2, 0.25) is 0 Å². The standard InChI is InChI=1S/C12H16N4OS/c1-8-3-4-9(11(13)18)12(14-8)16-6-5-15(2)10(17)7-16/h3-4H,5-7H2,1-2H3,(H2,13,18). The first-order chi connectivity index (χ1) is 8.49. The lowest BCUT2D eigenvalue weighted by Gasteiger charge is -2.33. The lowest BCUT2D eigenvalue weighted by molar-refractivity contribution is -0.129. The van der Waals surface area contributed by atoms with Crippen LogP contribution in [0.15, 0.2) is 12.1 Å². The number of amides is 1. The fourth-order valence-corrected chi connectivity index (χ4v) is 2.07. The number of aryl methyl sites for hydroxylation is 1. The minimum Gasteiger partial charge on any atom is -0.389 e. The van der Waals surface area contributed by atoms with Gasteiger partial charge < -0.3 is 15.5 Å². The smallest absolute Gasteiger partial charge is 0.241 e. The molecule has 2 rings (SSSR count). The van der Waals surface area contributed by atoms with E-state index in [1.54, 1.807) is 11.9 Å². The number of likely N-dealkylation sites (N-methyl/N-ethyl adjacent to an activating group) is 1. The topological polar surface area (TPSA) is 62.5 Å². The van der Waals surface area contributed by atoms with Gasteiger partial charge in [-0.3, -0.25) is 4.79 Å². The van der Waals surface area contributed by atoms with Crippen LogP contribution in [0.5, 0.6) is 0 Å². The van der Waals surface area contributed by atoms with Crippen LogP contribution in [0.1, 0.15) is 11.3 Å². The van der Waals surface area contributed by atoms with Crippen LogP contribution in [0.4, 0.5) is 5.82 Å². The second kappa shape index (κ2) is 4.89. The monoisotopic (exact) mass is 264 g/mol. The summed E-state index contributed by atoms with van der Waals surface area (Å²) < 4.78 is 0. The molecule has 0 spiro atoms. The molecular formula is C12H16N4OS. The number of piperazine rings is 1. The molecule has 1 aliphatic rings. The number of carbonyl (C=O) groups excluding carboxylic acids is 1. The molecule has 0 unspecified atom stereocenters. The first kappa shape index (κ1) is 12.8. The van der Waals surface area contributed by atoms with Gasteiger partial charge in [0.1, 0.15) is 10.8 Å². The second-order valence-corrected chi connectivity index (χ2v) is 4.86. The summed E-state index contributed by atoms with van der Waals surface area (Å²) in [6.45, 7) is 3.66. The van der Waals surface area contributed by atoms with Gasteiger partial charge in [-0.25, -0.2) is 4.98 Å². The van der Waals surface area contributed by atoms with Crippen molar-refractivity contribution in [2.75, 3.05) is 31.6 Å². The van der Waals surface area contributed by atoms with Gasteiger partial charge in [-0.05, 0) is 19.1 Å². The summed E-state index contributed by atoms with van der Waals surface area (Å²) in [5, 5.41) is 0. The number of nitrogens with two attached hydrogens (primary N) is 1. The number of rotatable bonds is 2. The number of pyridine rings is 1. The van der Waals surface area contributed by atoms with Crippen LogP contribution in [0.3, 0.4) is 0 Å². The molecule has 2 heterocycles. The third-order valence-corrected chi connectivity index (χ3v) is 3.26. The van der Waals surface area contributed by atoms with E-state index in [2.05, 4.69) is 4.98 Å². The molecule has 0 aromatic carbocycles. The van der Waals surface area contributed by atoms with Gasteiger partial charge in [-0.15, -0.1) is 0 Å². The van der Waals surface area contributed by atoms with Crippen LogP contribution < -0.4 is 10.6 Å². The quantitative estimate of drug-likeness (QED) is 0.779. The van der Waals surface area contributed by atoms with Crippen molar-refractivity contribution < 1.29 is 4.79 Å². The molecule has 1 aromatic rings. The van der Waals surface area contributed by atoms with Crippen LogP contribution >= 0.6 is 12.2 Å². The summed E-state index contributed by atoms with van der Waals surface area (Å²) in [5.74, 6) is 0.794. The van der Waals surface area contributed by atoms with Crippen LogP contribution in [0, 0.1) is 6.92 Å². The summed E-state index contributed by atoms with van der Waals surface area (Å²) in [5.41, 5.74) is 7.32. The Morgan fingerprint density at radius 1 is 1.44 bits per heavy atom. The minimum absolute atomic E-state index is 0.0819. The van der Waals surface area contributed by atoms with Gasteiger partial charge in [0.15, 0.2) is 0 Å². The van der Waals surface area contributed by atoms with Crippen LogP contribution in [-0.4, -0.2) is 47.5 Å². The van der Waals surface area contributed by atoms with Gasteiger partial charge in [0.05, 0.1) is 12.1 Å². The highest BCUT2D eigenvalue weighted by Crippen LogP contribution is 2.20. The van der Waals surface area contributed by atoms with Crippen molar-refractivity contribution >= 4 is 28.9 Å². The number of nitrogens with zero attached hydrogens (tertiary/aromatic N) is 3. The van der Waals surface area contributed by atoms with Crippen LogP contribution in [0.25, 0.3) is 0 Å². The number of carbonyl (C=O) groups is 1. The fourth-order valence-electron chi connectivity index (χ4n) is 1.92. The Hall–Kier alpha value is -1.69. The number of aromatic nitrogens is 1. The molecule has 5 nitrogen and oxygen atoms in total. The molecule has 1 amide bonds. The Morgan fingerprint density at radius 3 is 2.78 bits per heavy atom. The highest BCUT2D eigenvalue weighted by Gasteiger charge is 2.24. The third kappa shape index (κ3) is 2.43. The van der Waals surface area contributed by atoms with Crippen molar-refractivity contribution in [3.05, 3.63) is 23.4 Å². The van der Waals surface area contributed by atoms with E-state index in [0.717, 1.165) is 17.8 Å². The molecule has 0 radical (unpaired) electrons. The van der Waals surface area contributed by atoms with Crippen molar-refractivity contribution in [2.45, 2.75) is 6.92 Å². The molecule has 1 aromatic heterocycles. The van der Waals surface area contributed by atoms with Gasteiger partial charge in [-0.2, -0.15) is 0 Å². The van der Waals surface area contributed by atoms with Gasteiger partial charge in [-0.1, -0.05) is 12.2 Å². The number of hydrogen-bond acceptors (Lipinski definition) is 4. The zero-order valence-corrected chi connectivity index (χ0v) is 11.3. The van der Waals surface area contributed by atoms with E-state index in [9.17, 15) is 4.79 Å². The molecule has 6 heteroatoms. The van der Waals surface area contributed by atoms with Gasteiger partial charge in [0, 0.05) is 25.8 Å². The Balaban J connectivity index is 2.35. The van der Waals surface area contributed by atoms with E-state index in [1.165, 1.54) is 0 Å². The average Bonchev–Trinajstić information content (AvgIpc) is 2.32. The molecule has 96 valence electrons. The Labute approximate surface area is 112 Å². The summed E-state index contributed by atoms with van der Waals surface area (Å²) >= 11 is 5.03. The van der Waals surface area contributed by atoms with Crippen molar-refractivity contribution in [1.82, 2.24) is 9.88 Å². The molecule has 0 aliphatic carbocycles. The molecule has 18 heavy (non-hydrogen) atoms. The average molecular weight is 264 g/mol. The molecule has 0 saturated carbocycles. The van der Waals surface area contributed by atoms with Crippen molar-refractivity contribution in [3.8, 4) is 0 Å². The molecule has 1 aliphatic heterocycles. The second-order valence-electron chi connectivity index (χ2n) is 4.42. The molecule has 1 saturated heterocycles.